The van der Waals surface area contributed by atoms with Crippen LogP contribution < -0.4 is 0 Å². The molecule has 0 fully saturated rings. The SMILES string of the molecule is C.CC(=O)O.CC1C(=O)c2ccccc2C1=O. The maximum absolute atomic E-state index is 11.4. The molecule has 0 aliphatic heterocycles. The summed E-state index contributed by atoms with van der Waals surface area (Å²) < 4.78 is 0. The first-order chi connectivity index (χ1) is 7.45. The van der Waals surface area contributed by atoms with Gasteiger partial charge in [-0.1, -0.05) is 31.7 Å². The number of hydrogen-bond donors (Lipinski definition) is 1. The highest BCUT2D eigenvalue weighted by molar-refractivity contribution is 6.26. The van der Waals surface area contributed by atoms with E-state index in [-0.39, 0.29) is 19.0 Å². The number of hydrogen-bond acceptors (Lipinski definition) is 3. The summed E-state index contributed by atoms with van der Waals surface area (Å²) in [7, 11) is 0. The number of carboxylic acid groups (broad SMARTS) is 1. The number of rotatable bonds is 0. The molecule has 1 aliphatic rings. The molecule has 0 radical (unpaired) electrons. The number of carboxylic acids is 1. The molecular formula is C13H16O4. The number of ketones is 2. The van der Waals surface area contributed by atoms with Crippen LogP contribution in [0.25, 0.3) is 0 Å². The molecule has 0 atom stereocenters. The molecule has 0 amide bonds. The van der Waals surface area contributed by atoms with Crippen LogP contribution >= 0.6 is 0 Å². The lowest BCUT2D eigenvalue weighted by Gasteiger charge is -1.92. The van der Waals surface area contributed by atoms with Crippen LogP contribution in [-0.4, -0.2) is 22.6 Å². The van der Waals surface area contributed by atoms with Gasteiger partial charge in [-0.3, -0.25) is 14.4 Å². The largest absolute Gasteiger partial charge is 0.481 e. The molecule has 1 aliphatic carbocycles. The molecule has 0 saturated heterocycles. The minimum atomic E-state index is -0.833. The summed E-state index contributed by atoms with van der Waals surface area (Å²) in [4.78, 5) is 31.8. The molecule has 1 aromatic carbocycles. The zero-order chi connectivity index (χ0) is 12.3. The Hall–Kier alpha value is -1.97. The van der Waals surface area contributed by atoms with Gasteiger partial charge in [0.25, 0.3) is 5.97 Å². The number of carbonyl (C=O) groups is 3. The summed E-state index contributed by atoms with van der Waals surface area (Å²) >= 11 is 0. The predicted molar refractivity (Wildman–Crippen MR) is 64.3 cm³/mol. The average Bonchev–Trinajstić information content (AvgIpc) is 2.44. The smallest absolute Gasteiger partial charge is 0.300 e. The molecule has 17 heavy (non-hydrogen) atoms. The maximum atomic E-state index is 11.4. The Labute approximate surface area is 100 Å². The van der Waals surface area contributed by atoms with Crippen LogP contribution in [0.15, 0.2) is 24.3 Å². The van der Waals surface area contributed by atoms with Crippen molar-refractivity contribution >= 4 is 17.5 Å². The molecule has 0 spiro atoms. The van der Waals surface area contributed by atoms with Crippen molar-refractivity contribution in [3.63, 3.8) is 0 Å². The summed E-state index contributed by atoms with van der Waals surface area (Å²) in [5.74, 6) is -1.39. The van der Waals surface area contributed by atoms with E-state index in [4.69, 9.17) is 9.90 Å². The number of fused-ring (bicyclic) bond motifs is 1. The van der Waals surface area contributed by atoms with Crippen LogP contribution in [0.4, 0.5) is 0 Å². The molecule has 1 aromatic rings. The molecule has 0 bridgehead atoms. The third-order valence-corrected chi connectivity index (χ3v) is 2.24. The van der Waals surface area contributed by atoms with Gasteiger partial charge >= 0.3 is 0 Å². The van der Waals surface area contributed by atoms with Gasteiger partial charge in [0.15, 0.2) is 11.6 Å². The summed E-state index contributed by atoms with van der Waals surface area (Å²) in [6.45, 7) is 2.74. The third-order valence-electron chi connectivity index (χ3n) is 2.24. The highest BCUT2D eigenvalue weighted by Gasteiger charge is 2.34. The molecule has 0 saturated carbocycles. The fraction of sp³-hybridized carbons (Fsp3) is 0.308. The number of Topliss-reactive ketones (excluding diaryl/α,β-unsaturated/α-hetero) is 2. The van der Waals surface area contributed by atoms with E-state index in [2.05, 4.69) is 0 Å². The Balaban J connectivity index is 0.000000453. The highest BCUT2D eigenvalue weighted by Crippen LogP contribution is 2.25. The number of aliphatic carboxylic acids is 1. The van der Waals surface area contributed by atoms with Crippen molar-refractivity contribution < 1.29 is 19.5 Å². The predicted octanol–water partition coefficient (Wildman–Crippen LogP) is 2.43. The molecule has 0 aromatic heterocycles. The summed E-state index contributed by atoms with van der Waals surface area (Å²) in [5, 5.41) is 7.42. The number of carbonyl (C=O) groups excluding carboxylic acids is 2. The molecule has 92 valence electrons. The molecule has 4 nitrogen and oxygen atoms in total. The average molecular weight is 236 g/mol. The normalized spacial score (nSPS) is 13.3. The van der Waals surface area contributed by atoms with E-state index in [9.17, 15) is 9.59 Å². The second kappa shape index (κ2) is 5.94. The lowest BCUT2D eigenvalue weighted by molar-refractivity contribution is -0.134. The highest BCUT2D eigenvalue weighted by atomic mass is 16.4. The van der Waals surface area contributed by atoms with Gasteiger partial charge in [-0.25, -0.2) is 0 Å². The van der Waals surface area contributed by atoms with Gasteiger partial charge in [0.2, 0.25) is 0 Å². The third kappa shape index (κ3) is 3.24. The van der Waals surface area contributed by atoms with Crippen molar-refractivity contribution in [3.05, 3.63) is 35.4 Å². The van der Waals surface area contributed by atoms with Gasteiger partial charge in [0.1, 0.15) is 0 Å². The van der Waals surface area contributed by atoms with Crippen LogP contribution in [0.2, 0.25) is 0 Å². The molecule has 4 heteroatoms. The van der Waals surface area contributed by atoms with Crippen molar-refractivity contribution in [2.24, 2.45) is 5.92 Å². The van der Waals surface area contributed by atoms with Gasteiger partial charge < -0.3 is 5.11 Å². The van der Waals surface area contributed by atoms with E-state index in [1.807, 2.05) is 0 Å². The van der Waals surface area contributed by atoms with E-state index in [1.165, 1.54) is 0 Å². The first-order valence-electron chi connectivity index (χ1n) is 4.82. The molecule has 1 N–H and O–H groups in total. The van der Waals surface area contributed by atoms with E-state index in [0.29, 0.717) is 11.1 Å². The Morgan fingerprint density at radius 2 is 1.41 bits per heavy atom. The fourth-order valence-electron chi connectivity index (χ4n) is 1.50. The maximum Gasteiger partial charge on any atom is 0.300 e. The first-order valence-corrected chi connectivity index (χ1v) is 4.82. The van der Waals surface area contributed by atoms with Gasteiger partial charge in [-0.2, -0.15) is 0 Å². The Morgan fingerprint density at radius 1 is 1.12 bits per heavy atom. The van der Waals surface area contributed by atoms with Gasteiger partial charge in [0, 0.05) is 18.1 Å². The van der Waals surface area contributed by atoms with E-state index < -0.39 is 11.9 Å². The molecule has 0 unspecified atom stereocenters. The standard InChI is InChI=1S/C10H8O2.C2H4O2.CH4/c1-6-9(11)7-4-2-3-5-8(7)10(6)12;1-2(3)4;/h2-6H,1H3;1H3,(H,3,4);1H4. The zero-order valence-corrected chi connectivity index (χ0v) is 9.06. The Bertz CT molecular complexity index is 409. The van der Waals surface area contributed by atoms with Crippen LogP contribution in [0.5, 0.6) is 0 Å². The molecule has 0 heterocycles. The lowest BCUT2D eigenvalue weighted by Crippen LogP contribution is -2.09. The second-order valence-corrected chi connectivity index (χ2v) is 3.51. The number of benzene rings is 1. The summed E-state index contributed by atoms with van der Waals surface area (Å²) in [5.41, 5.74) is 1.16. The van der Waals surface area contributed by atoms with Crippen molar-refractivity contribution in [1.82, 2.24) is 0 Å². The fourth-order valence-corrected chi connectivity index (χ4v) is 1.50. The van der Waals surface area contributed by atoms with Crippen molar-refractivity contribution in [2.45, 2.75) is 21.3 Å². The van der Waals surface area contributed by atoms with E-state index in [1.54, 1.807) is 31.2 Å². The topological polar surface area (TPSA) is 71.4 Å². The van der Waals surface area contributed by atoms with Crippen LogP contribution in [0, 0.1) is 5.92 Å². The summed E-state index contributed by atoms with van der Waals surface area (Å²) in [6, 6.07) is 6.97. The summed E-state index contributed by atoms with van der Waals surface area (Å²) in [6.07, 6.45) is 0. The van der Waals surface area contributed by atoms with Crippen molar-refractivity contribution in [2.75, 3.05) is 0 Å². The first kappa shape index (κ1) is 15.0. The van der Waals surface area contributed by atoms with Gasteiger partial charge in [0.05, 0.1) is 5.92 Å². The van der Waals surface area contributed by atoms with E-state index in [0.717, 1.165) is 6.92 Å². The monoisotopic (exact) mass is 236 g/mol. The van der Waals surface area contributed by atoms with E-state index >= 15 is 0 Å². The molecule has 2 rings (SSSR count). The van der Waals surface area contributed by atoms with Crippen molar-refractivity contribution in [1.29, 1.82) is 0 Å². The Morgan fingerprint density at radius 3 is 1.71 bits per heavy atom. The van der Waals surface area contributed by atoms with Gasteiger partial charge in [-0.05, 0) is 6.92 Å². The Kier molecular flexibility index (Phi) is 5.25. The minimum absolute atomic E-state index is 0. The minimum Gasteiger partial charge on any atom is -0.481 e. The zero-order valence-electron chi connectivity index (χ0n) is 9.06. The van der Waals surface area contributed by atoms with Crippen LogP contribution in [-0.2, 0) is 4.79 Å². The quantitative estimate of drug-likeness (QED) is 0.702. The van der Waals surface area contributed by atoms with Crippen LogP contribution in [0.1, 0.15) is 42.0 Å². The van der Waals surface area contributed by atoms with Crippen molar-refractivity contribution in [3.8, 4) is 0 Å². The lowest BCUT2D eigenvalue weighted by atomic mass is 10.1. The molecular weight excluding hydrogens is 220 g/mol. The van der Waals surface area contributed by atoms with Gasteiger partial charge in [-0.15, -0.1) is 0 Å². The second-order valence-electron chi connectivity index (χ2n) is 3.51. The van der Waals surface area contributed by atoms with Crippen LogP contribution in [0.3, 0.4) is 0 Å².